The van der Waals surface area contributed by atoms with Crippen molar-refractivity contribution in [3.8, 4) is 0 Å². The van der Waals surface area contributed by atoms with Gasteiger partial charge < -0.3 is 9.47 Å². The quantitative estimate of drug-likeness (QED) is 0.267. The summed E-state index contributed by atoms with van der Waals surface area (Å²) in [7, 11) is 0. The molecule has 24 heavy (non-hydrogen) atoms. The molecule has 0 N–H and O–H groups in total. The lowest BCUT2D eigenvalue weighted by Gasteiger charge is -2.23. The Balaban J connectivity index is 4.14. The van der Waals surface area contributed by atoms with Crippen LogP contribution in [0.25, 0.3) is 0 Å². The van der Waals surface area contributed by atoms with Gasteiger partial charge >= 0.3 is 0 Å². The third-order valence-electron chi connectivity index (χ3n) is 5.19. The predicted octanol–water partition coefficient (Wildman–Crippen LogP) is 7.01. The second-order valence-electron chi connectivity index (χ2n) is 7.47. The monoisotopic (exact) mass is 342 g/mol. The highest BCUT2D eigenvalue weighted by Crippen LogP contribution is 2.17. The first kappa shape index (κ1) is 23.9. The van der Waals surface area contributed by atoms with E-state index in [0.717, 1.165) is 38.1 Å². The van der Waals surface area contributed by atoms with E-state index >= 15 is 0 Å². The summed E-state index contributed by atoms with van der Waals surface area (Å²) in [5.74, 6) is 1.45. The van der Waals surface area contributed by atoms with E-state index in [0.29, 0.717) is 6.10 Å². The Morgan fingerprint density at radius 3 is 1.58 bits per heavy atom. The summed E-state index contributed by atoms with van der Waals surface area (Å²) in [6, 6.07) is 0. The van der Waals surface area contributed by atoms with Crippen LogP contribution in [0, 0.1) is 11.8 Å². The normalized spacial score (nSPS) is 15.4. The van der Waals surface area contributed by atoms with Gasteiger partial charge in [-0.2, -0.15) is 0 Å². The Hall–Kier alpha value is -0.0800. The Labute approximate surface area is 153 Å². The van der Waals surface area contributed by atoms with Gasteiger partial charge in [0.2, 0.25) is 0 Å². The summed E-state index contributed by atoms with van der Waals surface area (Å²) in [6.07, 6.45) is 14.2. The van der Waals surface area contributed by atoms with E-state index in [2.05, 4.69) is 34.6 Å². The fourth-order valence-electron chi connectivity index (χ4n) is 3.08. The Morgan fingerprint density at radius 2 is 1.08 bits per heavy atom. The lowest BCUT2D eigenvalue weighted by Crippen LogP contribution is -2.25. The van der Waals surface area contributed by atoms with E-state index in [4.69, 9.17) is 9.47 Å². The summed E-state index contributed by atoms with van der Waals surface area (Å²) in [5, 5.41) is 0. The molecule has 146 valence electrons. The van der Waals surface area contributed by atoms with Crippen LogP contribution in [-0.2, 0) is 9.47 Å². The number of rotatable bonds is 18. The summed E-state index contributed by atoms with van der Waals surface area (Å²) in [6.45, 7) is 14.0. The molecule has 0 aromatic rings. The number of hydrogen-bond acceptors (Lipinski definition) is 2. The first-order valence-corrected chi connectivity index (χ1v) is 10.9. The Morgan fingerprint density at radius 1 is 0.583 bits per heavy atom. The van der Waals surface area contributed by atoms with Gasteiger partial charge in [0.05, 0.1) is 12.7 Å². The van der Waals surface area contributed by atoms with Crippen LogP contribution < -0.4 is 0 Å². The van der Waals surface area contributed by atoms with Crippen molar-refractivity contribution in [2.45, 2.75) is 111 Å². The molecule has 0 aromatic heterocycles. The molecule has 0 heterocycles. The van der Waals surface area contributed by atoms with Crippen molar-refractivity contribution in [1.82, 2.24) is 0 Å². The largest absolute Gasteiger partial charge is 0.378 e. The number of ether oxygens (including phenoxy) is 2. The molecule has 0 bridgehead atoms. The van der Waals surface area contributed by atoms with Gasteiger partial charge in [0.25, 0.3) is 0 Å². The van der Waals surface area contributed by atoms with Crippen molar-refractivity contribution in [2.75, 3.05) is 19.8 Å². The van der Waals surface area contributed by atoms with E-state index in [1.54, 1.807) is 0 Å². The van der Waals surface area contributed by atoms with Crippen molar-refractivity contribution in [3.05, 3.63) is 0 Å². The maximum atomic E-state index is 6.27. The van der Waals surface area contributed by atoms with E-state index in [9.17, 15) is 0 Å². The Bertz CT molecular complexity index is 242. The van der Waals surface area contributed by atoms with Gasteiger partial charge in [0.1, 0.15) is 0 Å². The van der Waals surface area contributed by atoms with Crippen LogP contribution in [0.2, 0.25) is 0 Å². The van der Waals surface area contributed by atoms with Crippen LogP contribution in [0.1, 0.15) is 105 Å². The van der Waals surface area contributed by atoms with Crippen LogP contribution in [0.3, 0.4) is 0 Å². The predicted molar refractivity (Wildman–Crippen MR) is 107 cm³/mol. The molecular formula is C22H46O2. The van der Waals surface area contributed by atoms with Crippen molar-refractivity contribution >= 4 is 0 Å². The maximum absolute atomic E-state index is 6.27. The maximum Gasteiger partial charge on any atom is 0.0808 e. The van der Waals surface area contributed by atoms with Crippen LogP contribution in [0.5, 0.6) is 0 Å². The SMILES string of the molecule is CCCCC(CC)COCC(CCCC)OCC(CC)CCCC. The molecule has 2 nitrogen and oxygen atoms in total. The van der Waals surface area contributed by atoms with Gasteiger partial charge in [0.15, 0.2) is 0 Å². The highest BCUT2D eigenvalue weighted by molar-refractivity contribution is 4.63. The number of unbranched alkanes of at least 4 members (excludes halogenated alkanes) is 3. The molecule has 2 heteroatoms. The molecule has 0 aliphatic rings. The lowest BCUT2D eigenvalue weighted by atomic mass is 10.0. The molecule has 0 amide bonds. The summed E-state index contributed by atoms with van der Waals surface area (Å²) in [4.78, 5) is 0. The second kappa shape index (κ2) is 17.7. The summed E-state index contributed by atoms with van der Waals surface area (Å²) >= 11 is 0. The minimum Gasteiger partial charge on any atom is -0.378 e. The molecule has 0 saturated carbocycles. The molecule has 3 atom stereocenters. The zero-order chi connectivity index (χ0) is 18.0. The minimum atomic E-state index is 0.296. The van der Waals surface area contributed by atoms with Crippen LogP contribution in [-0.4, -0.2) is 25.9 Å². The molecular weight excluding hydrogens is 296 g/mol. The molecule has 0 radical (unpaired) electrons. The van der Waals surface area contributed by atoms with Crippen LogP contribution in [0.4, 0.5) is 0 Å². The molecule has 0 saturated heterocycles. The van der Waals surface area contributed by atoms with Gasteiger partial charge in [0, 0.05) is 13.2 Å². The van der Waals surface area contributed by atoms with Crippen LogP contribution in [0.15, 0.2) is 0 Å². The van der Waals surface area contributed by atoms with Crippen molar-refractivity contribution in [2.24, 2.45) is 11.8 Å². The van der Waals surface area contributed by atoms with E-state index in [1.165, 1.54) is 64.2 Å². The number of hydrogen-bond donors (Lipinski definition) is 0. The van der Waals surface area contributed by atoms with Gasteiger partial charge in [-0.3, -0.25) is 0 Å². The second-order valence-corrected chi connectivity index (χ2v) is 7.47. The third kappa shape index (κ3) is 13.2. The molecule has 0 spiro atoms. The molecule has 0 aliphatic carbocycles. The highest BCUT2D eigenvalue weighted by atomic mass is 16.5. The van der Waals surface area contributed by atoms with E-state index in [1.807, 2.05) is 0 Å². The standard InChI is InChI=1S/C22H46O2/c1-6-11-14-20(9-4)17-23-19-22(16-13-8-3)24-18-21(10-5)15-12-7-2/h20-22H,6-19H2,1-5H3. The van der Waals surface area contributed by atoms with Crippen molar-refractivity contribution < 1.29 is 9.47 Å². The molecule has 0 rings (SSSR count). The smallest absolute Gasteiger partial charge is 0.0808 e. The third-order valence-corrected chi connectivity index (χ3v) is 5.19. The average molecular weight is 343 g/mol. The van der Waals surface area contributed by atoms with Gasteiger partial charge in [-0.1, -0.05) is 86.0 Å². The minimum absolute atomic E-state index is 0.296. The summed E-state index contributed by atoms with van der Waals surface area (Å²) in [5.41, 5.74) is 0. The van der Waals surface area contributed by atoms with E-state index < -0.39 is 0 Å². The average Bonchev–Trinajstić information content (AvgIpc) is 2.61. The zero-order valence-electron chi connectivity index (χ0n) is 17.4. The molecule has 0 aromatic carbocycles. The zero-order valence-corrected chi connectivity index (χ0v) is 17.4. The van der Waals surface area contributed by atoms with Crippen molar-refractivity contribution in [3.63, 3.8) is 0 Å². The van der Waals surface area contributed by atoms with Gasteiger partial charge in [-0.15, -0.1) is 0 Å². The summed E-state index contributed by atoms with van der Waals surface area (Å²) < 4.78 is 12.3. The first-order chi connectivity index (χ1) is 11.7. The van der Waals surface area contributed by atoms with E-state index in [-0.39, 0.29) is 0 Å². The van der Waals surface area contributed by atoms with Crippen molar-refractivity contribution in [1.29, 1.82) is 0 Å². The van der Waals surface area contributed by atoms with Gasteiger partial charge in [-0.25, -0.2) is 0 Å². The lowest BCUT2D eigenvalue weighted by molar-refractivity contribution is -0.0424. The molecule has 0 aliphatic heterocycles. The van der Waals surface area contributed by atoms with Crippen LogP contribution >= 0.6 is 0 Å². The highest BCUT2D eigenvalue weighted by Gasteiger charge is 2.14. The fourth-order valence-corrected chi connectivity index (χ4v) is 3.08. The Kier molecular flexibility index (Phi) is 17.7. The fraction of sp³-hybridized carbons (Fsp3) is 1.00. The molecule has 0 fully saturated rings. The van der Waals surface area contributed by atoms with Gasteiger partial charge in [-0.05, 0) is 31.1 Å². The topological polar surface area (TPSA) is 18.5 Å². The first-order valence-electron chi connectivity index (χ1n) is 10.9. The molecule has 3 unspecified atom stereocenters.